The fourth-order valence-electron chi connectivity index (χ4n) is 1.76. The first-order valence-corrected chi connectivity index (χ1v) is 10.6. The lowest BCUT2D eigenvalue weighted by Gasteiger charge is -2.34. The first-order chi connectivity index (χ1) is 11.7. The summed E-state index contributed by atoms with van der Waals surface area (Å²) in [5.74, 6) is 0. The number of ether oxygens (including phenoxy) is 1. The Hall–Kier alpha value is -0.500. The molecule has 5 nitrogen and oxygen atoms in total. The van der Waals surface area contributed by atoms with E-state index in [9.17, 15) is 4.79 Å². The van der Waals surface area contributed by atoms with E-state index < -0.39 is 5.60 Å². The normalized spacial score (nSPS) is 14.6. The molecule has 1 amide bonds. The van der Waals surface area contributed by atoms with Crippen molar-refractivity contribution in [1.82, 2.24) is 14.2 Å². The topological polar surface area (TPSA) is 45.7 Å². The Morgan fingerprint density at radius 1 is 1.24 bits per heavy atom. The van der Waals surface area contributed by atoms with Gasteiger partial charge >= 0.3 is 6.09 Å². The maximum Gasteiger partial charge on any atom is 0.410 e. The second-order valence-corrected chi connectivity index (χ2v) is 7.94. The third-order valence-electron chi connectivity index (χ3n) is 2.83. The number of aromatic nitrogens is 1. The van der Waals surface area contributed by atoms with Crippen LogP contribution in [0.5, 0.6) is 0 Å². The molecular formula is C17H29BrClN3O2S. The zero-order valence-corrected chi connectivity index (χ0v) is 19.0. The molecule has 25 heavy (non-hydrogen) atoms. The third kappa shape index (κ3) is 11.7. The molecular weight excluding hydrogens is 426 g/mol. The van der Waals surface area contributed by atoms with Gasteiger partial charge in [-0.25, -0.2) is 14.1 Å². The molecule has 0 unspecified atom stereocenters. The number of rotatable bonds is 1. The molecule has 1 aromatic rings. The highest BCUT2D eigenvalue weighted by Crippen LogP contribution is 2.14. The minimum atomic E-state index is -0.395. The van der Waals surface area contributed by atoms with Gasteiger partial charge in [-0.2, -0.15) is 0 Å². The fraction of sp³-hybridized carbons (Fsp3) is 0.647. The molecule has 0 atom stereocenters. The van der Waals surface area contributed by atoms with E-state index in [1.807, 2.05) is 46.8 Å². The highest BCUT2D eigenvalue weighted by atomic mass is 79.9. The van der Waals surface area contributed by atoms with Crippen molar-refractivity contribution in [2.24, 2.45) is 0 Å². The summed E-state index contributed by atoms with van der Waals surface area (Å²) in [6, 6.07) is 5.39. The summed E-state index contributed by atoms with van der Waals surface area (Å²) in [5.41, 5.74) is -0.395. The Bertz CT molecular complexity index is 490. The van der Waals surface area contributed by atoms with Gasteiger partial charge < -0.3 is 9.64 Å². The summed E-state index contributed by atoms with van der Waals surface area (Å²) in [6.45, 7) is 13.0. The molecule has 0 bridgehead atoms. The Morgan fingerprint density at radius 3 is 2.16 bits per heavy atom. The number of nitrogens with zero attached hydrogens (tertiary/aromatic N) is 3. The molecule has 8 heteroatoms. The second kappa shape index (κ2) is 12.8. The summed E-state index contributed by atoms with van der Waals surface area (Å²) in [6.07, 6.45) is 1.87. The lowest BCUT2D eigenvalue weighted by molar-refractivity contribution is 0.0198. The van der Waals surface area contributed by atoms with Crippen LogP contribution < -0.4 is 0 Å². The van der Waals surface area contributed by atoms with Crippen LogP contribution in [0.25, 0.3) is 0 Å². The SMILES string of the molecule is CC.CSN1CCN(C(=O)OC(C)(C)C)CC1.Clc1cccc(Br)n1. The van der Waals surface area contributed by atoms with Crippen molar-refractivity contribution in [2.45, 2.75) is 40.2 Å². The minimum Gasteiger partial charge on any atom is -0.444 e. The summed E-state index contributed by atoms with van der Waals surface area (Å²) in [5, 5.41) is 0.513. The van der Waals surface area contributed by atoms with Crippen LogP contribution in [-0.4, -0.2) is 58.3 Å². The third-order valence-corrected chi connectivity index (χ3v) is 4.36. The highest BCUT2D eigenvalue weighted by molar-refractivity contribution is 9.10. The van der Waals surface area contributed by atoms with Gasteiger partial charge in [0.2, 0.25) is 0 Å². The Balaban J connectivity index is 0.000000483. The van der Waals surface area contributed by atoms with Crippen LogP contribution in [0, 0.1) is 0 Å². The molecule has 1 aliphatic heterocycles. The fourth-order valence-corrected chi connectivity index (χ4v) is 2.90. The second-order valence-electron chi connectivity index (χ2n) is 5.86. The summed E-state index contributed by atoms with van der Waals surface area (Å²) < 4.78 is 8.33. The molecule has 144 valence electrons. The average Bonchev–Trinajstić information content (AvgIpc) is 2.55. The molecule has 1 saturated heterocycles. The van der Waals surface area contributed by atoms with Crippen molar-refractivity contribution in [2.75, 3.05) is 32.4 Å². The lowest BCUT2D eigenvalue weighted by Crippen LogP contribution is -2.47. The number of halogens is 2. The van der Waals surface area contributed by atoms with Crippen molar-refractivity contribution in [1.29, 1.82) is 0 Å². The van der Waals surface area contributed by atoms with E-state index >= 15 is 0 Å². The average molecular weight is 455 g/mol. The van der Waals surface area contributed by atoms with E-state index in [-0.39, 0.29) is 6.09 Å². The monoisotopic (exact) mass is 453 g/mol. The van der Waals surface area contributed by atoms with Gasteiger partial charge in [0.1, 0.15) is 15.4 Å². The highest BCUT2D eigenvalue weighted by Gasteiger charge is 2.25. The Morgan fingerprint density at radius 2 is 1.80 bits per heavy atom. The van der Waals surface area contributed by atoms with Gasteiger partial charge in [0.15, 0.2) is 0 Å². The van der Waals surface area contributed by atoms with E-state index in [0.29, 0.717) is 5.15 Å². The number of amides is 1. The zero-order chi connectivity index (χ0) is 19.5. The number of carbonyl (C=O) groups is 1. The maximum absolute atomic E-state index is 11.7. The number of carbonyl (C=O) groups excluding carboxylic acids is 1. The van der Waals surface area contributed by atoms with E-state index in [1.165, 1.54) is 0 Å². The molecule has 0 spiro atoms. The van der Waals surface area contributed by atoms with Crippen LogP contribution in [-0.2, 0) is 4.74 Å². The predicted molar refractivity (Wildman–Crippen MR) is 111 cm³/mol. The first kappa shape index (κ1) is 24.5. The van der Waals surface area contributed by atoms with Crippen molar-refractivity contribution < 1.29 is 9.53 Å². The first-order valence-electron chi connectivity index (χ1n) is 8.26. The van der Waals surface area contributed by atoms with Gasteiger partial charge in [-0.05, 0) is 55.1 Å². The van der Waals surface area contributed by atoms with Crippen LogP contribution in [0.15, 0.2) is 22.8 Å². The van der Waals surface area contributed by atoms with Crippen molar-refractivity contribution in [3.8, 4) is 0 Å². The Kier molecular flexibility index (Phi) is 12.5. The molecule has 1 fully saturated rings. The van der Waals surface area contributed by atoms with Gasteiger partial charge in [-0.3, -0.25) is 0 Å². The van der Waals surface area contributed by atoms with Crippen LogP contribution >= 0.6 is 39.5 Å². The van der Waals surface area contributed by atoms with Crippen LogP contribution in [0.1, 0.15) is 34.6 Å². The quantitative estimate of drug-likeness (QED) is 0.423. The molecule has 0 aliphatic carbocycles. The van der Waals surface area contributed by atoms with E-state index in [2.05, 4.69) is 31.5 Å². The molecule has 0 N–H and O–H groups in total. The van der Waals surface area contributed by atoms with E-state index in [1.54, 1.807) is 22.9 Å². The molecule has 1 aromatic heterocycles. The van der Waals surface area contributed by atoms with Gasteiger partial charge in [0, 0.05) is 26.2 Å². The van der Waals surface area contributed by atoms with Crippen LogP contribution in [0.2, 0.25) is 5.15 Å². The maximum atomic E-state index is 11.7. The molecule has 0 saturated carbocycles. The standard InChI is InChI=1S/C10H20N2O2S.C5H3BrClN.C2H6/c1-10(2,3)14-9(13)11-5-7-12(15-4)8-6-11;6-4-2-1-3-5(7)8-4;1-2/h5-8H2,1-4H3;1-3H;1-2H3. The van der Waals surface area contributed by atoms with Gasteiger partial charge in [-0.15, -0.1) is 0 Å². The van der Waals surface area contributed by atoms with Crippen molar-refractivity contribution >= 4 is 45.6 Å². The summed E-state index contributed by atoms with van der Waals surface area (Å²) >= 11 is 10.4. The van der Waals surface area contributed by atoms with Crippen molar-refractivity contribution in [3.05, 3.63) is 28.0 Å². The number of pyridine rings is 1. The molecule has 1 aliphatic rings. The molecule has 0 aromatic carbocycles. The Labute approximate surface area is 169 Å². The summed E-state index contributed by atoms with van der Waals surface area (Å²) in [7, 11) is 0. The van der Waals surface area contributed by atoms with Crippen molar-refractivity contribution in [3.63, 3.8) is 0 Å². The smallest absolute Gasteiger partial charge is 0.410 e. The number of hydrogen-bond acceptors (Lipinski definition) is 5. The van der Waals surface area contributed by atoms with Crippen LogP contribution in [0.4, 0.5) is 4.79 Å². The largest absolute Gasteiger partial charge is 0.444 e. The van der Waals surface area contributed by atoms with Crippen LogP contribution in [0.3, 0.4) is 0 Å². The lowest BCUT2D eigenvalue weighted by atomic mass is 10.2. The minimum absolute atomic E-state index is 0.191. The number of hydrogen-bond donors (Lipinski definition) is 0. The van der Waals surface area contributed by atoms with E-state index in [0.717, 1.165) is 30.8 Å². The molecule has 0 radical (unpaired) electrons. The zero-order valence-electron chi connectivity index (χ0n) is 15.9. The number of piperazine rings is 1. The van der Waals surface area contributed by atoms with Gasteiger partial charge in [0.05, 0.1) is 0 Å². The van der Waals surface area contributed by atoms with E-state index in [4.69, 9.17) is 16.3 Å². The predicted octanol–water partition coefficient (Wildman–Crippen LogP) is 5.34. The van der Waals surface area contributed by atoms with Gasteiger partial charge in [0.25, 0.3) is 0 Å². The van der Waals surface area contributed by atoms with Gasteiger partial charge in [-0.1, -0.05) is 43.5 Å². The molecule has 2 rings (SSSR count). The molecule has 2 heterocycles. The summed E-state index contributed by atoms with van der Waals surface area (Å²) in [4.78, 5) is 17.3.